The largest absolute Gasteiger partial charge is 0.503 e. The molecular weight excluding hydrogens is 397 g/mol. The Morgan fingerprint density at radius 1 is 1.20 bits per heavy atom. The lowest BCUT2D eigenvalue weighted by Gasteiger charge is -2.16. The van der Waals surface area contributed by atoms with Crippen molar-refractivity contribution < 1.29 is 27.9 Å². The second kappa shape index (κ2) is 8.22. The zero-order chi connectivity index (χ0) is 22.2. The van der Waals surface area contributed by atoms with Gasteiger partial charge in [-0.1, -0.05) is 13.0 Å². The van der Waals surface area contributed by atoms with E-state index in [-0.39, 0.29) is 35.2 Å². The lowest BCUT2D eigenvalue weighted by Crippen LogP contribution is -2.15. The average Bonchev–Trinajstić information content (AvgIpc) is 2.98. The molecule has 0 radical (unpaired) electrons. The SMILES string of the molecule is CC[C@@H](CCC(N)=O)c1c(C)n(C(=O)c2cccc(F)c2)c2cc(F)c(O)c(F)c12. The molecule has 0 aliphatic carbocycles. The summed E-state index contributed by atoms with van der Waals surface area (Å²) in [6, 6.07) is 5.84. The van der Waals surface area contributed by atoms with Crippen molar-refractivity contribution in [3.63, 3.8) is 0 Å². The van der Waals surface area contributed by atoms with Crippen molar-refractivity contribution in [3.05, 3.63) is 64.6 Å². The molecule has 0 saturated heterocycles. The first-order chi connectivity index (χ1) is 14.2. The van der Waals surface area contributed by atoms with Crippen LogP contribution >= 0.6 is 0 Å². The van der Waals surface area contributed by atoms with Crippen LogP contribution < -0.4 is 5.73 Å². The highest BCUT2D eigenvalue weighted by Crippen LogP contribution is 2.40. The molecule has 158 valence electrons. The van der Waals surface area contributed by atoms with Gasteiger partial charge in [0.2, 0.25) is 5.91 Å². The fourth-order valence-electron chi connectivity index (χ4n) is 3.89. The minimum Gasteiger partial charge on any atom is -0.503 e. The van der Waals surface area contributed by atoms with Crippen molar-refractivity contribution in [1.29, 1.82) is 0 Å². The molecule has 8 heteroatoms. The molecule has 3 aromatic rings. The number of benzene rings is 2. The number of carbonyl (C=O) groups excluding carboxylic acids is 2. The Labute approximate surface area is 170 Å². The molecule has 3 rings (SSSR count). The van der Waals surface area contributed by atoms with E-state index in [1.165, 1.54) is 18.2 Å². The minimum atomic E-state index is -1.22. The predicted molar refractivity (Wildman–Crippen MR) is 106 cm³/mol. The van der Waals surface area contributed by atoms with Gasteiger partial charge in [-0.25, -0.2) is 13.2 Å². The van der Waals surface area contributed by atoms with E-state index in [0.29, 0.717) is 17.7 Å². The zero-order valence-electron chi connectivity index (χ0n) is 16.5. The summed E-state index contributed by atoms with van der Waals surface area (Å²) in [5.41, 5.74) is 5.86. The topological polar surface area (TPSA) is 85.3 Å². The molecule has 30 heavy (non-hydrogen) atoms. The lowest BCUT2D eigenvalue weighted by molar-refractivity contribution is -0.118. The number of halogens is 3. The third-order valence-electron chi connectivity index (χ3n) is 5.32. The minimum absolute atomic E-state index is 0.000579. The first-order valence-electron chi connectivity index (χ1n) is 9.47. The number of phenols is 1. The van der Waals surface area contributed by atoms with Crippen LogP contribution in [-0.2, 0) is 4.79 Å². The Morgan fingerprint density at radius 3 is 2.50 bits per heavy atom. The molecule has 1 heterocycles. The van der Waals surface area contributed by atoms with E-state index < -0.39 is 35.0 Å². The molecule has 0 fully saturated rings. The Kier molecular flexibility index (Phi) is 5.87. The van der Waals surface area contributed by atoms with E-state index in [1.807, 2.05) is 6.92 Å². The molecule has 0 aliphatic heterocycles. The number of carbonyl (C=O) groups is 2. The summed E-state index contributed by atoms with van der Waals surface area (Å²) in [5, 5.41) is 9.72. The van der Waals surface area contributed by atoms with E-state index in [1.54, 1.807) is 6.92 Å². The van der Waals surface area contributed by atoms with E-state index in [2.05, 4.69) is 0 Å². The number of rotatable bonds is 6. The number of aromatic hydroxyl groups is 1. The number of phenolic OH excluding ortho intramolecular Hbond substituents is 1. The van der Waals surface area contributed by atoms with Gasteiger partial charge in [0, 0.05) is 29.1 Å². The van der Waals surface area contributed by atoms with Crippen LogP contribution in [-0.4, -0.2) is 21.5 Å². The van der Waals surface area contributed by atoms with Crippen LogP contribution in [0.1, 0.15) is 53.7 Å². The number of aromatic nitrogens is 1. The van der Waals surface area contributed by atoms with Crippen LogP contribution in [0.2, 0.25) is 0 Å². The number of nitrogens with zero attached hydrogens (tertiary/aromatic N) is 1. The van der Waals surface area contributed by atoms with E-state index in [9.17, 15) is 27.9 Å². The molecule has 1 atom stereocenters. The van der Waals surface area contributed by atoms with Gasteiger partial charge >= 0.3 is 0 Å². The lowest BCUT2D eigenvalue weighted by atomic mass is 9.89. The van der Waals surface area contributed by atoms with Crippen molar-refractivity contribution in [1.82, 2.24) is 4.57 Å². The standard InChI is InChI=1S/C22H21F3N2O3/c1-3-12(7-8-17(26)28)18-11(2)27(22(30)13-5-4-6-14(23)9-13)16-10-15(24)21(29)20(25)19(16)18/h4-6,9-10,12,29H,3,7-8H2,1-2H3,(H2,26,28)/t12-/m0/s1. The van der Waals surface area contributed by atoms with Gasteiger partial charge in [0.25, 0.3) is 5.91 Å². The molecule has 0 saturated carbocycles. The smallest absolute Gasteiger partial charge is 0.262 e. The molecule has 0 aliphatic rings. The second-order valence-electron chi connectivity index (χ2n) is 7.18. The average molecular weight is 418 g/mol. The molecule has 1 aromatic heterocycles. The summed E-state index contributed by atoms with van der Waals surface area (Å²) in [5.74, 6) is -5.76. The summed E-state index contributed by atoms with van der Waals surface area (Å²) < 4.78 is 43.9. The third-order valence-corrected chi connectivity index (χ3v) is 5.32. The second-order valence-corrected chi connectivity index (χ2v) is 7.18. The van der Waals surface area contributed by atoms with Gasteiger partial charge < -0.3 is 10.8 Å². The van der Waals surface area contributed by atoms with Gasteiger partial charge in [0.1, 0.15) is 5.82 Å². The molecular formula is C22H21F3N2O3. The molecule has 0 bridgehead atoms. The number of amides is 1. The summed E-state index contributed by atoms with van der Waals surface area (Å²) in [6.45, 7) is 3.39. The van der Waals surface area contributed by atoms with Crippen LogP contribution in [0.15, 0.2) is 30.3 Å². The Balaban J connectivity index is 2.32. The molecule has 0 unspecified atom stereocenters. The summed E-state index contributed by atoms with van der Waals surface area (Å²) in [7, 11) is 0. The van der Waals surface area contributed by atoms with Crippen LogP contribution in [0.25, 0.3) is 10.9 Å². The molecule has 3 N–H and O–H groups in total. The quantitative estimate of drug-likeness (QED) is 0.617. The van der Waals surface area contributed by atoms with Crippen molar-refractivity contribution in [3.8, 4) is 5.75 Å². The highest BCUT2D eigenvalue weighted by atomic mass is 19.1. The highest BCUT2D eigenvalue weighted by Gasteiger charge is 2.29. The predicted octanol–water partition coefficient (Wildman–Crippen LogP) is 4.52. The number of hydrogen-bond acceptors (Lipinski definition) is 3. The van der Waals surface area contributed by atoms with Crippen molar-refractivity contribution >= 4 is 22.7 Å². The number of fused-ring (bicyclic) bond motifs is 1. The Bertz CT molecular complexity index is 1150. The first-order valence-corrected chi connectivity index (χ1v) is 9.47. The van der Waals surface area contributed by atoms with Crippen molar-refractivity contribution in [2.24, 2.45) is 5.73 Å². The third kappa shape index (κ3) is 3.65. The Hall–Kier alpha value is -3.29. The van der Waals surface area contributed by atoms with Crippen molar-refractivity contribution in [2.45, 2.75) is 39.0 Å². The zero-order valence-corrected chi connectivity index (χ0v) is 16.5. The molecule has 1 amide bonds. The van der Waals surface area contributed by atoms with Gasteiger partial charge in [-0.05, 0) is 49.4 Å². The normalized spacial score (nSPS) is 12.3. The molecule has 5 nitrogen and oxygen atoms in total. The molecule has 2 aromatic carbocycles. The maximum Gasteiger partial charge on any atom is 0.262 e. The van der Waals surface area contributed by atoms with Crippen LogP contribution in [0.5, 0.6) is 5.75 Å². The first kappa shape index (κ1) is 21.4. The number of hydrogen-bond donors (Lipinski definition) is 2. The van der Waals surface area contributed by atoms with Gasteiger partial charge in [0.15, 0.2) is 17.4 Å². The molecule has 0 spiro atoms. The van der Waals surface area contributed by atoms with Crippen LogP contribution in [0.4, 0.5) is 13.2 Å². The van der Waals surface area contributed by atoms with E-state index in [4.69, 9.17) is 5.73 Å². The van der Waals surface area contributed by atoms with E-state index >= 15 is 0 Å². The van der Waals surface area contributed by atoms with Gasteiger partial charge in [-0.15, -0.1) is 0 Å². The number of primary amides is 1. The maximum absolute atomic E-state index is 15.0. The summed E-state index contributed by atoms with van der Waals surface area (Å²) in [6.07, 6.45) is 0.813. The highest BCUT2D eigenvalue weighted by molar-refractivity contribution is 6.04. The van der Waals surface area contributed by atoms with Gasteiger partial charge in [-0.3, -0.25) is 14.2 Å². The fraction of sp³-hybridized carbons (Fsp3) is 0.273. The number of nitrogens with two attached hydrogens (primary N) is 1. The van der Waals surface area contributed by atoms with Gasteiger partial charge in [0.05, 0.1) is 5.52 Å². The maximum atomic E-state index is 15.0. The summed E-state index contributed by atoms with van der Waals surface area (Å²) >= 11 is 0. The van der Waals surface area contributed by atoms with Crippen LogP contribution in [0, 0.1) is 24.4 Å². The summed E-state index contributed by atoms with van der Waals surface area (Å²) in [4.78, 5) is 24.4. The van der Waals surface area contributed by atoms with E-state index in [0.717, 1.165) is 16.7 Å². The Morgan fingerprint density at radius 2 is 1.90 bits per heavy atom. The van der Waals surface area contributed by atoms with Gasteiger partial charge in [-0.2, -0.15) is 0 Å². The van der Waals surface area contributed by atoms with Crippen LogP contribution in [0.3, 0.4) is 0 Å². The van der Waals surface area contributed by atoms with Crippen molar-refractivity contribution in [2.75, 3.05) is 0 Å². The fourth-order valence-corrected chi connectivity index (χ4v) is 3.89. The monoisotopic (exact) mass is 418 g/mol.